The summed E-state index contributed by atoms with van der Waals surface area (Å²) in [4.78, 5) is 17.3. The van der Waals surface area contributed by atoms with Crippen molar-refractivity contribution in [1.82, 2.24) is 4.98 Å². The molecule has 1 aliphatic rings. The number of aromatic nitrogens is 1. The van der Waals surface area contributed by atoms with Crippen molar-refractivity contribution in [3.8, 4) is 0 Å². The van der Waals surface area contributed by atoms with Gasteiger partial charge < -0.3 is 14.5 Å². The van der Waals surface area contributed by atoms with E-state index in [-0.39, 0.29) is 5.97 Å². The van der Waals surface area contributed by atoms with E-state index in [2.05, 4.69) is 29.0 Å². The van der Waals surface area contributed by atoms with Crippen molar-refractivity contribution < 1.29 is 13.9 Å². The Balaban J connectivity index is 1.76. The summed E-state index contributed by atoms with van der Waals surface area (Å²) in [6.45, 7) is 0. The molecule has 5 nitrogen and oxygen atoms in total. The Morgan fingerprint density at radius 2 is 2.22 bits per heavy atom. The van der Waals surface area contributed by atoms with Gasteiger partial charge in [0, 0.05) is 17.7 Å². The lowest BCUT2D eigenvalue weighted by atomic mass is 10.1. The second kappa shape index (κ2) is 6.91. The number of carbonyl (C=O) groups is 1. The molecule has 0 saturated heterocycles. The summed E-state index contributed by atoms with van der Waals surface area (Å²) >= 11 is 4.26. The van der Waals surface area contributed by atoms with Crippen molar-refractivity contribution in [2.24, 2.45) is 0 Å². The van der Waals surface area contributed by atoms with E-state index < -0.39 is 6.04 Å². The smallest absolute Gasteiger partial charge is 0.328 e. The SMILES string of the molecule is COC(=O)[C@H](Cc1ccc(S)cc1)Nc1nc2c(o1)CCC=C2. The van der Waals surface area contributed by atoms with Gasteiger partial charge in [-0.3, -0.25) is 0 Å². The predicted molar refractivity (Wildman–Crippen MR) is 90.7 cm³/mol. The molecule has 6 heteroatoms. The number of hydrogen-bond donors (Lipinski definition) is 2. The average Bonchev–Trinajstić information content (AvgIpc) is 2.98. The number of hydrogen-bond acceptors (Lipinski definition) is 6. The van der Waals surface area contributed by atoms with Crippen molar-refractivity contribution in [2.45, 2.75) is 30.2 Å². The van der Waals surface area contributed by atoms with Gasteiger partial charge in [-0.15, -0.1) is 12.6 Å². The molecule has 1 heterocycles. The van der Waals surface area contributed by atoms with Gasteiger partial charge in [-0.25, -0.2) is 4.79 Å². The summed E-state index contributed by atoms with van der Waals surface area (Å²) in [6, 6.07) is 7.44. The van der Waals surface area contributed by atoms with Crippen molar-refractivity contribution in [1.29, 1.82) is 0 Å². The molecule has 3 rings (SSSR count). The molecule has 0 aliphatic heterocycles. The van der Waals surface area contributed by atoms with Crippen molar-refractivity contribution >= 4 is 30.7 Å². The van der Waals surface area contributed by atoms with E-state index in [0.29, 0.717) is 12.4 Å². The lowest BCUT2D eigenvalue weighted by molar-refractivity contribution is -0.141. The third kappa shape index (κ3) is 3.76. The second-order valence-electron chi connectivity index (χ2n) is 5.36. The number of allylic oxidation sites excluding steroid dienone is 1. The van der Waals surface area contributed by atoms with Crippen LogP contribution in [0.15, 0.2) is 39.7 Å². The minimum atomic E-state index is -0.560. The number of rotatable bonds is 5. The number of oxazole rings is 1. The highest BCUT2D eigenvalue weighted by Crippen LogP contribution is 2.23. The fraction of sp³-hybridized carbons (Fsp3) is 0.294. The van der Waals surface area contributed by atoms with E-state index in [1.54, 1.807) is 0 Å². The van der Waals surface area contributed by atoms with Crippen LogP contribution in [0.3, 0.4) is 0 Å². The molecule has 0 unspecified atom stereocenters. The molecule has 120 valence electrons. The van der Waals surface area contributed by atoms with E-state index >= 15 is 0 Å². The highest BCUT2D eigenvalue weighted by Gasteiger charge is 2.23. The predicted octanol–water partition coefficient (Wildman–Crippen LogP) is 3.12. The molecule has 0 radical (unpaired) electrons. The standard InChI is InChI=1S/C17H18N2O3S/c1-21-16(20)14(10-11-6-8-12(23)9-7-11)19-17-18-13-4-2-3-5-15(13)22-17/h2,4,6-9,14,23H,3,5,10H2,1H3,(H,18,19)/t14-/m0/s1. The maximum Gasteiger partial charge on any atom is 0.328 e. The van der Waals surface area contributed by atoms with Crippen LogP contribution >= 0.6 is 12.6 Å². The summed E-state index contributed by atoms with van der Waals surface area (Å²) in [5.41, 5.74) is 1.82. The van der Waals surface area contributed by atoms with E-state index in [9.17, 15) is 4.79 Å². The molecule has 23 heavy (non-hydrogen) atoms. The zero-order valence-electron chi connectivity index (χ0n) is 12.8. The van der Waals surface area contributed by atoms with Gasteiger partial charge in [0.25, 0.3) is 6.01 Å². The number of methoxy groups -OCH3 is 1. The Morgan fingerprint density at radius 3 is 2.91 bits per heavy atom. The third-order valence-corrected chi connectivity index (χ3v) is 4.00. The average molecular weight is 330 g/mol. The maximum absolute atomic E-state index is 12.0. The molecule has 1 aliphatic carbocycles. The highest BCUT2D eigenvalue weighted by molar-refractivity contribution is 7.80. The zero-order valence-corrected chi connectivity index (χ0v) is 13.7. The van der Waals surface area contributed by atoms with Gasteiger partial charge in [0.1, 0.15) is 17.5 Å². The largest absolute Gasteiger partial charge is 0.467 e. The number of fused-ring (bicyclic) bond motifs is 1. The summed E-state index contributed by atoms with van der Waals surface area (Å²) in [6.07, 6.45) is 6.24. The summed E-state index contributed by atoms with van der Waals surface area (Å²) in [5.74, 6) is 0.490. The Kier molecular flexibility index (Phi) is 4.71. The summed E-state index contributed by atoms with van der Waals surface area (Å²) in [7, 11) is 1.37. The lowest BCUT2D eigenvalue weighted by Crippen LogP contribution is -2.33. The molecule has 1 aromatic heterocycles. The highest BCUT2D eigenvalue weighted by atomic mass is 32.1. The van der Waals surface area contributed by atoms with Crippen LogP contribution in [-0.2, 0) is 22.4 Å². The van der Waals surface area contributed by atoms with Gasteiger partial charge in [0.05, 0.1) is 7.11 Å². The van der Waals surface area contributed by atoms with Crippen LogP contribution in [-0.4, -0.2) is 24.1 Å². The first kappa shape index (κ1) is 15.7. The molecular weight excluding hydrogens is 312 g/mol. The van der Waals surface area contributed by atoms with E-state index in [1.807, 2.05) is 30.3 Å². The van der Waals surface area contributed by atoms with Crippen molar-refractivity contribution in [2.75, 3.05) is 12.4 Å². The molecule has 0 amide bonds. The quantitative estimate of drug-likeness (QED) is 0.651. The third-order valence-electron chi connectivity index (χ3n) is 3.70. The number of thiol groups is 1. The monoisotopic (exact) mass is 330 g/mol. The fourth-order valence-corrected chi connectivity index (χ4v) is 2.65. The molecule has 2 aromatic rings. The molecule has 0 spiro atoms. The zero-order chi connectivity index (χ0) is 16.2. The normalized spacial score (nSPS) is 14.2. The first-order chi connectivity index (χ1) is 11.2. The van der Waals surface area contributed by atoms with Crippen molar-refractivity contribution in [3.63, 3.8) is 0 Å². The second-order valence-corrected chi connectivity index (χ2v) is 5.88. The number of esters is 1. The van der Waals surface area contributed by atoms with Gasteiger partial charge in [-0.1, -0.05) is 18.2 Å². The lowest BCUT2D eigenvalue weighted by Gasteiger charge is -2.15. The minimum absolute atomic E-state index is 0.350. The van der Waals surface area contributed by atoms with E-state index in [4.69, 9.17) is 9.15 Å². The molecule has 0 saturated carbocycles. The Labute approximate surface area is 140 Å². The molecule has 0 bridgehead atoms. The number of nitrogens with zero attached hydrogens (tertiary/aromatic N) is 1. The number of ether oxygens (including phenoxy) is 1. The topological polar surface area (TPSA) is 64.4 Å². The van der Waals surface area contributed by atoms with Crippen LogP contribution in [0.5, 0.6) is 0 Å². The van der Waals surface area contributed by atoms with Crippen LogP contribution in [0, 0.1) is 0 Å². The molecular formula is C17H18N2O3S. The van der Waals surface area contributed by atoms with Gasteiger partial charge in [-0.2, -0.15) is 4.98 Å². The fourth-order valence-electron chi connectivity index (χ4n) is 2.50. The van der Waals surface area contributed by atoms with E-state index in [0.717, 1.165) is 34.8 Å². The Morgan fingerprint density at radius 1 is 1.43 bits per heavy atom. The number of anilines is 1. The van der Waals surface area contributed by atoms with Crippen molar-refractivity contribution in [3.05, 3.63) is 47.4 Å². The van der Waals surface area contributed by atoms with Crippen LogP contribution in [0.2, 0.25) is 0 Å². The van der Waals surface area contributed by atoms with E-state index in [1.165, 1.54) is 7.11 Å². The number of aryl methyl sites for hydroxylation is 1. The first-order valence-corrected chi connectivity index (χ1v) is 7.89. The first-order valence-electron chi connectivity index (χ1n) is 7.44. The number of benzene rings is 1. The minimum Gasteiger partial charge on any atom is -0.467 e. The van der Waals surface area contributed by atoms with Crippen LogP contribution < -0.4 is 5.32 Å². The Bertz CT molecular complexity index is 722. The maximum atomic E-state index is 12.0. The number of carbonyl (C=O) groups excluding carboxylic acids is 1. The molecule has 1 N–H and O–H groups in total. The van der Waals surface area contributed by atoms with Gasteiger partial charge in [0.15, 0.2) is 0 Å². The van der Waals surface area contributed by atoms with Crippen LogP contribution in [0.25, 0.3) is 6.08 Å². The molecule has 1 atom stereocenters. The Hall–Kier alpha value is -2.21. The number of nitrogens with one attached hydrogen (secondary N) is 1. The molecule has 0 fully saturated rings. The van der Waals surface area contributed by atoms with Crippen LogP contribution in [0.4, 0.5) is 6.01 Å². The summed E-state index contributed by atoms with van der Waals surface area (Å²) in [5, 5.41) is 3.04. The van der Waals surface area contributed by atoms with Gasteiger partial charge >= 0.3 is 5.97 Å². The summed E-state index contributed by atoms with van der Waals surface area (Å²) < 4.78 is 10.6. The van der Waals surface area contributed by atoms with Crippen LogP contribution in [0.1, 0.15) is 23.4 Å². The van der Waals surface area contributed by atoms with Gasteiger partial charge in [-0.05, 0) is 30.2 Å². The molecule has 1 aromatic carbocycles. The van der Waals surface area contributed by atoms with Gasteiger partial charge in [0.2, 0.25) is 0 Å².